The first kappa shape index (κ1) is 6.83. The third-order valence-electron chi connectivity index (χ3n) is 0.903. The van der Waals surface area contributed by atoms with Crippen molar-refractivity contribution in [2.24, 2.45) is 0 Å². The van der Waals surface area contributed by atoms with E-state index in [4.69, 9.17) is 5.73 Å². The second kappa shape index (κ2) is 2.54. The molecule has 1 aromatic carbocycles. The van der Waals surface area contributed by atoms with Crippen molar-refractivity contribution in [1.82, 2.24) is 5.73 Å². The zero-order valence-corrected chi connectivity index (χ0v) is 6.42. The highest BCUT2D eigenvalue weighted by Gasteiger charge is 1.97. The van der Waals surface area contributed by atoms with Crippen LogP contribution in [0.4, 0.5) is 5.69 Å². The van der Waals surface area contributed by atoms with Crippen molar-refractivity contribution in [3.63, 3.8) is 0 Å². The second-order valence-corrected chi connectivity index (χ2v) is 2.77. The molecule has 2 radical (unpaired) electrons. The predicted octanol–water partition coefficient (Wildman–Crippen LogP) is 1.53. The molecule has 0 saturated carbocycles. The third kappa shape index (κ3) is 1.84. The van der Waals surface area contributed by atoms with E-state index in [1.807, 2.05) is 0 Å². The van der Waals surface area contributed by atoms with Crippen LogP contribution in [-0.2, 0) is 12.6 Å². The van der Waals surface area contributed by atoms with Crippen molar-refractivity contribution < 1.29 is 0 Å². The van der Waals surface area contributed by atoms with E-state index < -0.39 is 0 Å². The quantitative estimate of drug-likeness (QED) is 0.435. The van der Waals surface area contributed by atoms with Crippen LogP contribution in [0.15, 0.2) is 28.0 Å². The van der Waals surface area contributed by atoms with Gasteiger partial charge in [-0.3, -0.25) is 0 Å². The molecule has 9 heavy (non-hydrogen) atoms. The summed E-state index contributed by atoms with van der Waals surface area (Å²) in [6.45, 7) is 0. The van der Waals surface area contributed by atoms with Crippen LogP contribution in [0.1, 0.15) is 0 Å². The maximum absolute atomic E-state index is 7.18. The van der Waals surface area contributed by atoms with Crippen molar-refractivity contribution in [2.75, 3.05) is 0 Å². The van der Waals surface area contributed by atoms with Crippen molar-refractivity contribution in [2.45, 2.75) is 9.79 Å². The van der Waals surface area contributed by atoms with Gasteiger partial charge in [-0.2, -0.15) is 0 Å². The topological polar surface area (TPSA) is 23.8 Å². The maximum Gasteiger partial charge on any atom is 0.224 e. The van der Waals surface area contributed by atoms with Crippen molar-refractivity contribution in [3.8, 4) is 0 Å². The average Bonchev–Trinajstić information content (AvgIpc) is 1.59. The van der Waals surface area contributed by atoms with E-state index in [9.17, 15) is 0 Å². The van der Waals surface area contributed by atoms with Crippen molar-refractivity contribution in [3.05, 3.63) is 18.2 Å². The van der Waals surface area contributed by atoms with E-state index >= 15 is 0 Å². The standard InChI is InChI=1S/C6H6NS2/c7-4-1-5(8)3-6(9)2-4/h1-3,7-9H/q+1. The lowest BCUT2D eigenvalue weighted by Crippen LogP contribution is -1.73. The third-order valence-corrected chi connectivity index (χ3v) is 1.42. The fourth-order valence-electron chi connectivity index (χ4n) is 0.595. The number of nitrogens with one attached hydrogen (secondary N) is 1. The van der Waals surface area contributed by atoms with E-state index in [0.717, 1.165) is 9.79 Å². The normalized spacial score (nSPS) is 9.56. The minimum absolute atomic E-state index is 0.451. The van der Waals surface area contributed by atoms with E-state index in [2.05, 4.69) is 25.3 Å². The van der Waals surface area contributed by atoms with Crippen LogP contribution >= 0.6 is 12.6 Å². The van der Waals surface area contributed by atoms with E-state index in [1.165, 1.54) is 0 Å². The van der Waals surface area contributed by atoms with E-state index in [0.29, 0.717) is 5.69 Å². The molecule has 1 nitrogen and oxygen atoms in total. The van der Waals surface area contributed by atoms with Gasteiger partial charge in [-0.05, 0) is 6.07 Å². The predicted molar refractivity (Wildman–Crippen MR) is 43.5 cm³/mol. The number of thiol groups is 2. The van der Waals surface area contributed by atoms with Crippen molar-refractivity contribution in [1.29, 1.82) is 0 Å². The highest BCUT2D eigenvalue weighted by atomic mass is 32.1. The summed E-state index contributed by atoms with van der Waals surface area (Å²) in [6, 6.07) is 5.13. The average molecular weight is 156 g/mol. The summed E-state index contributed by atoms with van der Waals surface area (Å²) in [5, 5.41) is 0. The molecule has 3 heteroatoms. The minimum Gasteiger partial charge on any atom is -0.301 e. The summed E-state index contributed by atoms with van der Waals surface area (Å²) < 4.78 is 0. The van der Waals surface area contributed by atoms with Gasteiger partial charge in [0.2, 0.25) is 17.5 Å². The first-order valence-electron chi connectivity index (χ1n) is 2.43. The lowest BCUT2D eigenvalue weighted by atomic mass is 10.3. The van der Waals surface area contributed by atoms with Gasteiger partial charge in [0.25, 0.3) is 0 Å². The first-order chi connectivity index (χ1) is 4.18. The Morgan fingerprint density at radius 1 is 1.33 bits per heavy atom. The molecule has 1 rings (SSSR count). The zero-order chi connectivity index (χ0) is 6.85. The molecule has 0 spiro atoms. The Labute approximate surface area is 65.1 Å². The Balaban J connectivity index is 3.17. The molecule has 1 aromatic rings. The van der Waals surface area contributed by atoms with Crippen LogP contribution in [0.3, 0.4) is 0 Å². The van der Waals surface area contributed by atoms with Crippen LogP contribution < -0.4 is 5.73 Å². The smallest absolute Gasteiger partial charge is 0.224 e. The Hall–Kier alpha value is -0.280. The summed E-state index contributed by atoms with van der Waals surface area (Å²) in [6.07, 6.45) is 0. The van der Waals surface area contributed by atoms with Crippen LogP contribution in [-0.4, -0.2) is 0 Å². The van der Waals surface area contributed by atoms with Gasteiger partial charge in [0.15, 0.2) is 0 Å². The summed E-state index contributed by atoms with van der Waals surface area (Å²) in [4.78, 5) is 1.57. The summed E-state index contributed by atoms with van der Waals surface area (Å²) >= 11 is 8.11. The summed E-state index contributed by atoms with van der Waals surface area (Å²) in [7, 11) is 0. The summed E-state index contributed by atoms with van der Waals surface area (Å²) in [5.41, 5.74) is 7.63. The molecule has 0 fully saturated rings. The van der Waals surface area contributed by atoms with E-state index in [1.54, 1.807) is 18.2 Å². The first-order valence-corrected chi connectivity index (χ1v) is 3.32. The number of benzene rings is 1. The number of rotatable bonds is 0. The minimum atomic E-state index is 0.451. The van der Waals surface area contributed by atoms with Crippen LogP contribution in [0, 0.1) is 0 Å². The Morgan fingerprint density at radius 2 is 2.00 bits per heavy atom. The summed E-state index contributed by atoms with van der Waals surface area (Å²) in [5.74, 6) is 0. The lowest BCUT2D eigenvalue weighted by molar-refractivity contribution is 1.30. The molecule has 46 valence electrons. The number of hydrogen-bond acceptors (Lipinski definition) is 2. The van der Waals surface area contributed by atoms with Gasteiger partial charge in [0.05, 0.1) is 5.69 Å². The Bertz CT molecular complexity index is 172. The van der Waals surface area contributed by atoms with Crippen LogP contribution in [0.25, 0.3) is 0 Å². The van der Waals surface area contributed by atoms with Gasteiger partial charge in [-0.15, -0.1) is 12.6 Å². The molecule has 0 heterocycles. The molecular formula is C6H6NS2+. The van der Waals surface area contributed by atoms with Gasteiger partial charge in [-0.25, -0.2) is 0 Å². The monoisotopic (exact) mass is 156 g/mol. The van der Waals surface area contributed by atoms with Gasteiger partial charge >= 0.3 is 0 Å². The fourth-order valence-corrected chi connectivity index (χ4v) is 1.25. The Kier molecular flexibility index (Phi) is 1.93. The highest BCUT2D eigenvalue weighted by Crippen LogP contribution is 2.14. The lowest BCUT2D eigenvalue weighted by Gasteiger charge is -1.89. The second-order valence-electron chi connectivity index (χ2n) is 1.74. The van der Waals surface area contributed by atoms with Crippen molar-refractivity contribution >= 4 is 30.9 Å². The van der Waals surface area contributed by atoms with Gasteiger partial charge in [0, 0.05) is 17.0 Å². The van der Waals surface area contributed by atoms with Crippen LogP contribution in [0.5, 0.6) is 0 Å². The molecule has 0 saturated heterocycles. The van der Waals surface area contributed by atoms with E-state index in [-0.39, 0.29) is 0 Å². The molecular weight excluding hydrogens is 150 g/mol. The molecule has 0 aliphatic carbocycles. The Morgan fingerprint density at radius 3 is 2.44 bits per heavy atom. The molecule has 0 aliphatic heterocycles. The van der Waals surface area contributed by atoms with Gasteiger partial charge < -0.3 is 5.73 Å². The highest BCUT2D eigenvalue weighted by molar-refractivity contribution is 7.80. The molecule has 0 atom stereocenters. The van der Waals surface area contributed by atoms with Crippen LogP contribution in [0.2, 0.25) is 0 Å². The van der Waals surface area contributed by atoms with Gasteiger partial charge in [0.1, 0.15) is 0 Å². The molecule has 0 aliphatic rings. The molecule has 0 unspecified atom stereocenters. The largest absolute Gasteiger partial charge is 0.301 e. The molecule has 1 N–H and O–H groups in total. The SMILES string of the molecule is [NH]c1cc(S)cc([SH+])c1. The fraction of sp³-hybridized carbons (Fsp3) is 0. The maximum atomic E-state index is 7.18. The molecule has 0 amide bonds. The van der Waals surface area contributed by atoms with Gasteiger partial charge in [-0.1, -0.05) is 0 Å². The molecule has 0 aromatic heterocycles. The molecule has 0 bridgehead atoms. The zero-order valence-electron chi connectivity index (χ0n) is 4.63. The number of hydrogen-bond donors (Lipinski definition) is 1.